The Labute approximate surface area is 115 Å². The number of carboxylic acid groups (broad SMARTS) is 1. The van der Waals surface area contributed by atoms with Gasteiger partial charge in [0.2, 0.25) is 11.8 Å². The molecule has 3 rings (SSSR count). The Bertz CT molecular complexity index is 586. The molecular formula is C14H14N2O4. The van der Waals surface area contributed by atoms with E-state index in [9.17, 15) is 14.4 Å². The van der Waals surface area contributed by atoms with Gasteiger partial charge in [-0.3, -0.25) is 9.59 Å². The summed E-state index contributed by atoms with van der Waals surface area (Å²) in [7, 11) is 0. The summed E-state index contributed by atoms with van der Waals surface area (Å²) >= 11 is 0. The molecule has 1 spiro atoms. The van der Waals surface area contributed by atoms with Crippen LogP contribution < -0.4 is 10.6 Å². The molecule has 3 N–H and O–H groups in total. The van der Waals surface area contributed by atoms with Gasteiger partial charge in [0.15, 0.2) is 0 Å². The Balaban J connectivity index is 2.03. The molecule has 20 heavy (non-hydrogen) atoms. The molecule has 1 aromatic rings. The maximum absolute atomic E-state index is 12.3. The van der Waals surface area contributed by atoms with Gasteiger partial charge >= 0.3 is 5.97 Å². The third kappa shape index (κ3) is 1.61. The van der Waals surface area contributed by atoms with E-state index >= 15 is 0 Å². The third-order valence-electron chi connectivity index (χ3n) is 4.20. The zero-order valence-electron chi connectivity index (χ0n) is 10.6. The predicted molar refractivity (Wildman–Crippen MR) is 68.8 cm³/mol. The zero-order valence-corrected chi connectivity index (χ0v) is 10.6. The normalized spacial score (nSPS) is 32.2. The van der Waals surface area contributed by atoms with Gasteiger partial charge in [0, 0.05) is 18.9 Å². The minimum absolute atomic E-state index is 0.00738. The van der Waals surface area contributed by atoms with Crippen LogP contribution in [-0.4, -0.2) is 35.5 Å². The van der Waals surface area contributed by atoms with E-state index in [1.165, 1.54) is 0 Å². The van der Waals surface area contributed by atoms with Crippen LogP contribution in [0.5, 0.6) is 0 Å². The number of carbonyl (C=O) groups is 3. The van der Waals surface area contributed by atoms with Crippen molar-refractivity contribution in [3.05, 3.63) is 35.9 Å². The molecule has 2 heterocycles. The van der Waals surface area contributed by atoms with Crippen molar-refractivity contribution in [3.63, 3.8) is 0 Å². The van der Waals surface area contributed by atoms with E-state index in [1.54, 1.807) is 0 Å². The number of carboxylic acids is 1. The summed E-state index contributed by atoms with van der Waals surface area (Å²) in [4.78, 5) is 35.6. The van der Waals surface area contributed by atoms with Crippen molar-refractivity contribution >= 4 is 17.8 Å². The number of hydrogen-bond acceptors (Lipinski definition) is 3. The van der Waals surface area contributed by atoms with Crippen molar-refractivity contribution < 1.29 is 19.5 Å². The molecule has 6 heteroatoms. The van der Waals surface area contributed by atoms with Crippen LogP contribution in [0.2, 0.25) is 0 Å². The smallest absolute Gasteiger partial charge is 0.326 e. The molecule has 2 amide bonds. The maximum atomic E-state index is 12.3. The minimum atomic E-state index is -1.30. The van der Waals surface area contributed by atoms with Gasteiger partial charge in [-0.2, -0.15) is 0 Å². The Morgan fingerprint density at radius 1 is 1.20 bits per heavy atom. The topological polar surface area (TPSA) is 95.5 Å². The molecule has 2 fully saturated rings. The van der Waals surface area contributed by atoms with Gasteiger partial charge in [0.05, 0.1) is 0 Å². The second-order valence-electron chi connectivity index (χ2n) is 5.21. The largest absolute Gasteiger partial charge is 0.480 e. The van der Waals surface area contributed by atoms with Gasteiger partial charge in [0.1, 0.15) is 11.5 Å². The summed E-state index contributed by atoms with van der Waals surface area (Å²) in [6, 6.07) is 8.25. The van der Waals surface area contributed by atoms with Crippen LogP contribution in [0.15, 0.2) is 30.3 Å². The highest BCUT2D eigenvalue weighted by atomic mass is 16.4. The van der Waals surface area contributed by atoms with Gasteiger partial charge in [-0.15, -0.1) is 0 Å². The van der Waals surface area contributed by atoms with E-state index < -0.39 is 23.3 Å². The fourth-order valence-electron chi connectivity index (χ4n) is 3.17. The predicted octanol–water partition coefficient (Wildman–Crippen LogP) is -0.141. The zero-order chi connectivity index (χ0) is 14.3. The molecular weight excluding hydrogens is 260 g/mol. The first-order valence-corrected chi connectivity index (χ1v) is 6.42. The number of nitrogens with one attached hydrogen (secondary N) is 2. The van der Waals surface area contributed by atoms with Crippen molar-refractivity contribution in [2.45, 2.75) is 18.4 Å². The molecule has 2 aliphatic heterocycles. The molecule has 0 aliphatic carbocycles. The van der Waals surface area contributed by atoms with E-state index in [-0.39, 0.29) is 18.2 Å². The first kappa shape index (κ1) is 12.7. The first-order valence-electron chi connectivity index (χ1n) is 6.42. The molecule has 2 aliphatic rings. The lowest BCUT2D eigenvalue weighted by molar-refractivity contribution is -0.140. The Morgan fingerprint density at radius 3 is 2.50 bits per heavy atom. The molecule has 104 valence electrons. The Kier molecular flexibility index (Phi) is 2.74. The van der Waals surface area contributed by atoms with Crippen LogP contribution >= 0.6 is 0 Å². The van der Waals surface area contributed by atoms with E-state index in [0.29, 0.717) is 6.54 Å². The Hall–Kier alpha value is -2.37. The summed E-state index contributed by atoms with van der Waals surface area (Å²) in [6.45, 7) is 0.350. The molecule has 0 saturated carbocycles. The fraction of sp³-hybridized carbons (Fsp3) is 0.357. The van der Waals surface area contributed by atoms with Gasteiger partial charge in [-0.05, 0) is 5.56 Å². The molecule has 0 aromatic heterocycles. The lowest BCUT2D eigenvalue weighted by Crippen LogP contribution is -2.41. The van der Waals surface area contributed by atoms with E-state index in [2.05, 4.69) is 10.6 Å². The summed E-state index contributed by atoms with van der Waals surface area (Å²) in [5.41, 5.74) is -0.434. The molecule has 1 aromatic carbocycles. The second-order valence-corrected chi connectivity index (χ2v) is 5.21. The molecule has 2 saturated heterocycles. The van der Waals surface area contributed by atoms with Crippen LogP contribution in [0.25, 0.3) is 0 Å². The lowest BCUT2D eigenvalue weighted by atomic mass is 9.72. The number of benzene rings is 1. The monoisotopic (exact) mass is 274 g/mol. The molecule has 6 nitrogen and oxygen atoms in total. The van der Waals surface area contributed by atoms with Crippen molar-refractivity contribution in [3.8, 4) is 0 Å². The highest BCUT2D eigenvalue weighted by molar-refractivity contribution is 6.11. The maximum Gasteiger partial charge on any atom is 0.326 e. The number of hydrogen-bond donors (Lipinski definition) is 3. The van der Waals surface area contributed by atoms with Crippen LogP contribution in [0.1, 0.15) is 17.9 Å². The number of carbonyl (C=O) groups excluding carboxylic acids is 2. The molecule has 3 atom stereocenters. The molecule has 0 radical (unpaired) electrons. The Morgan fingerprint density at radius 2 is 1.90 bits per heavy atom. The van der Waals surface area contributed by atoms with Crippen LogP contribution in [0.4, 0.5) is 0 Å². The quantitative estimate of drug-likeness (QED) is 0.654. The minimum Gasteiger partial charge on any atom is -0.480 e. The van der Waals surface area contributed by atoms with Crippen LogP contribution in [0, 0.1) is 5.41 Å². The third-order valence-corrected chi connectivity index (χ3v) is 4.20. The molecule has 0 bridgehead atoms. The summed E-state index contributed by atoms with van der Waals surface area (Å²) < 4.78 is 0. The summed E-state index contributed by atoms with van der Waals surface area (Å²) in [5.74, 6) is -2.32. The lowest BCUT2D eigenvalue weighted by Gasteiger charge is -2.25. The van der Waals surface area contributed by atoms with Gasteiger partial charge < -0.3 is 15.7 Å². The van der Waals surface area contributed by atoms with Crippen molar-refractivity contribution in [2.75, 3.05) is 6.54 Å². The summed E-state index contributed by atoms with van der Waals surface area (Å²) in [5, 5.41) is 14.2. The van der Waals surface area contributed by atoms with Crippen LogP contribution in [0.3, 0.4) is 0 Å². The fourth-order valence-corrected chi connectivity index (χ4v) is 3.17. The van der Waals surface area contributed by atoms with E-state index in [1.807, 2.05) is 30.3 Å². The number of rotatable bonds is 2. The van der Waals surface area contributed by atoms with E-state index in [4.69, 9.17) is 5.11 Å². The van der Waals surface area contributed by atoms with Crippen molar-refractivity contribution in [1.82, 2.24) is 10.6 Å². The summed E-state index contributed by atoms with van der Waals surface area (Å²) in [6.07, 6.45) is -0.00738. The van der Waals surface area contributed by atoms with Crippen molar-refractivity contribution in [2.24, 2.45) is 5.41 Å². The van der Waals surface area contributed by atoms with Gasteiger partial charge in [-0.25, -0.2) is 4.79 Å². The SMILES string of the molecule is O=C(O)[C@@H]1C[C@]2(C(=O)NC[C@H]2c2ccccc2)C(=O)N1. The first-order chi connectivity index (χ1) is 9.55. The van der Waals surface area contributed by atoms with Crippen LogP contribution in [-0.2, 0) is 14.4 Å². The van der Waals surface area contributed by atoms with Gasteiger partial charge in [-0.1, -0.05) is 30.3 Å². The van der Waals surface area contributed by atoms with Crippen molar-refractivity contribution in [1.29, 1.82) is 0 Å². The highest BCUT2D eigenvalue weighted by Crippen LogP contribution is 2.46. The molecule has 0 unspecified atom stereocenters. The average Bonchev–Trinajstić information content (AvgIpc) is 2.95. The number of aliphatic carboxylic acids is 1. The average molecular weight is 274 g/mol. The second kappa shape index (κ2) is 4.33. The van der Waals surface area contributed by atoms with E-state index in [0.717, 1.165) is 5.56 Å². The van der Waals surface area contributed by atoms with Gasteiger partial charge in [0.25, 0.3) is 0 Å². The number of amides is 2. The standard InChI is InChI=1S/C14H14N2O4/c17-11(18)10-6-14(13(20)16-10)9(7-15-12(14)19)8-4-2-1-3-5-8/h1-5,9-10H,6-7H2,(H,15,19)(H,16,20)(H,17,18)/t9-,10-,14-/m0/s1. The highest BCUT2D eigenvalue weighted by Gasteiger charge is 2.62.